The lowest BCUT2D eigenvalue weighted by Crippen LogP contribution is -2.36. The first-order chi connectivity index (χ1) is 8.80. The second-order valence-corrected chi connectivity index (χ2v) is 5.37. The quantitative estimate of drug-likeness (QED) is 0.753. The Hall–Kier alpha value is -0.620. The van der Waals surface area contributed by atoms with Crippen molar-refractivity contribution in [2.75, 3.05) is 6.54 Å². The van der Waals surface area contributed by atoms with Crippen LogP contribution in [0.5, 0.6) is 0 Å². The van der Waals surface area contributed by atoms with Gasteiger partial charge >= 0.3 is 6.18 Å². The largest absolute Gasteiger partial charge is 0.390 e. The minimum atomic E-state index is -4.23. The summed E-state index contributed by atoms with van der Waals surface area (Å²) < 4.78 is 51.1. The lowest BCUT2D eigenvalue weighted by Gasteiger charge is -2.20. The van der Waals surface area contributed by atoms with Crippen LogP contribution in [0.3, 0.4) is 0 Å². The standard InChI is InChI=1S/C13H16BrF4N/c1-2-3-19-12(8-13(16,17)18)6-9-4-10(14)7-11(15)5-9/h4-5,7,12,19H,2-3,6,8H2,1H3. The average molecular weight is 342 g/mol. The van der Waals surface area contributed by atoms with Crippen molar-refractivity contribution in [1.29, 1.82) is 0 Å². The Morgan fingerprint density at radius 3 is 2.47 bits per heavy atom. The molecule has 1 nitrogen and oxygen atoms in total. The van der Waals surface area contributed by atoms with Gasteiger partial charge in [0.15, 0.2) is 0 Å². The molecule has 0 amide bonds. The molecule has 1 aromatic carbocycles. The van der Waals surface area contributed by atoms with Crippen molar-refractivity contribution in [3.63, 3.8) is 0 Å². The van der Waals surface area contributed by atoms with Crippen LogP contribution in [0.2, 0.25) is 0 Å². The fourth-order valence-corrected chi connectivity index (χ4v) is 2.37. The average Bonchev–Trinajstić information content (AvgIpc) is 2.22. The van der Waals surface area contributed by atoms with Gasteiger partial charge in [0.25, 0.3) is 0 Å². The molecule has 1 aromatic rings. The van der Waals surface area contributed by atoms with Crippen molar-refractivity contribution in [2.45, 2.75) is 38.4 Å². The highest BCUT2D eigenvalue weighted by Crippen LogP contribution is 2.24. The SMILES string of the molecule is CCCNC(Cc1cc(F)cc(Br)c1)CC(F)(F)F. The van der Waals surface area contributed by atoms with Crippen LogP contribution in [0, 0.1) is 5.82 Å². The molecule has 1 rings (SSSR count). The maximum absolute atomic E-state index is 13.2. The summed E-state index contributed by atoms with van der Waals surface area (Å²) in [5.74, 6) is -0.453. The van der Waals surface area contributed by atoms with Crippen LogP contribution in [-0.4, -0.2) is 18.8 Å². The summed E-state index contributed by atoms with van der Waals surface area (Å²) in [7, 11) is 0. The van der Waals surface area contributed by atoms with E-state index in [-0.39, 0.29) is 6.42 Å². The van der Waals surface area contributed by atoms with Gasteiger partial charge in [0, 0.05) is 10.5 Å². The normalized spacial score (nSPS) is 13.6. The van der Waals surface area contributed by atoms with Gasteiger partial charge in [-0.15, -0.1) is 0 Å². The molecule has 19 heavy (non-hydrogen) atoms. The topological polar surface area (TPSA) is 12.0 Å². The second-order valence-electron chi connectivity index (χ2n) is 4.45. The predicted octanol–water partition coefficient (Wildman–Crippen LogP) is 4.45. The second kappa shape index (κ2) is 7.24. The van der Waals surface area contributed by atoms with Gasteiger partial charge in [0.05, 0.1) is 6.42 Å². The minimum Gasteiger partial charge on any atom is -0.313 e. The van der Waals surface area contributed by atoms with Gasteiger partial charge in [0.1, 0.15) is 5.82 Å². The lowest BCUT2D eigenvalue weighted by atomic mass is 10.0. The summed E-state index contributed by atoms with van der Waals surface area (Å²) in [5, 5.41) is 2.86. The lowest BCUT2D eigenvalue weighted by molar-refractivity contribution is -0.139. The predicted molar refractivity (Wildman–Crippen MR) is 70.6 cm³/mol. The van der Waals surface area contributed by atoms with E-state index >= 15 is 0 Å². The van der Waals surface area contributed by atoms with Gasteiger partial charge < -0.3 is 5.32 Å². The van der Waals surface area contributed by atoms with Gasteiger partial charge in [-0.2, -0.15) is 13.2 Å². The van der Waals surface area contributed by atoms with Crippen LogP contribution in [0.1, 0.15) is 25.3 Å². The monoisotopic (exact) mass is 341 g/mol. The van der Waals surface area contributed by atoms with E-state index < -0.39 is 24.5 Å². The molecule has 0 fully saturated rings. The first-order valence-corrected chi connectivity index (χ1v) is 6.84. The molecule has 0 aliphatic heterocycles. The van der Waals surface area contributed by atoms with Crippen LogP contribution >= 0.6 is 15.9 Å². The highest BCUT2D eigenvalue weighted by Gasteiger charge is 2.31. The fraction of sp³-hybridized carbons (Fsp3) is 0.538. The zero-order chi connectivity index (χ0) is 14.5. The summed E-state index contributed by atoms with van der Waals surface area (Å²) in [6.07, 6.45) is -4.24. The molecule has 0 radical (unpaired) electrons. The third kappa shape index (κ3) is 6.92. The number of halogens is 5. The Kier molecular flexibility index (Phi) is 6.26. The molecule has 108 valence electrons. The van der Waals surface area contributed by atoms with Gasteiger partial charge in [-0.1, -0.05) is 22.9 Å². The molecule has 0 aromatic heterocycles. The molecule has 0 saturated heterocycles. The molecule has 0 heterocycles. The van der Waals surface area contributed by atoms with Gasteiger partial charge in [-0.3, -0.25) is 0 Å². The van der Waals surface area contributed by atoms with Gasteiger partial charge in [-0.25, -0.2) is 4.39 Å². The Bertz CT molecular complexity index is 386. The molecule has 1 N–H and O–H groups in total. The first-order valence-electron chi connectivity index (χ1n) is 6.05. The number of rotatable bonds is 6. The number of nitrogens with one attached hydrogen (secondary N) is 1. The first kappa shape index (κ1) is 16.4. The van der Waals surface area contributed by atoms with E-state index in [1.807, 2.05) is 6.92 Å². The fourth-order valence-electron chi connectivity index (χ4n) is 1.86. The van der Waals surface area contributed by atoms with Gasteiger partial charge in [-0.05, 0) is 43.1 Å². The summed E-state index contributed by atoms with van der Waals surface area (Å²) in [6.45, 7) is 2.40. The number of benzene rings is 1. The van der Waals surface area contributed by atoms with Crippen LogP contribution in [0.25, 0.3) is 0 Å². The van der Waals surface area contributed by atoms with Crippen LogP contribution in [-0.2, 0) is 6.42 Å². The maximum Gasteiger partial charge on any atom is 0.390 e. The Balaban J connectivity index is 2.75. The molecular formula is C13H16BrF4N. The Morgan fingerprint density at radius 2 is 1.95 bits per heavy atom. The Labute approximate surface area is 118 Å². The number of hydrogen-bond acceptors (Lipinski definition) is 1. The molecule has 6 heteroatoms. The summed E-state index contributed by atoms with van der Waals surface area (Å²) in [6, 6.07) is 3.46. The summed E-state index contributed by atoms with van der Waals surface area (Å²) >= 11 is 3.13. The molecule has 1 unspecified atom stereocenters. The van der Waals surface area contributed by atoms with Crippen LogP contribution in [0.4, 0.5) is 17.6 Å². The minimum absolute atomic E-state index is 0.149. The molecule has 0 aliphatic carbocycles. The zero-order valence-electron chi connectivity index (χ0n) is 10.5. The molecule has 1 atom stereocenters. The van der Waals surface area contributed by atoms with Gasteiger partial charge in [0.2, 0.25) is 0 Å². The third-order valence-electron chi connectivity index (χ3n) is 2.57. The molecule has 0 aliphatic rings. The van der Waals surface area contributed by atoms with E-state index in [1.165, 1.54) is 12.1 Å². The van der Waals surface area contributed by atoms with E-state index in [0.717, 1.165) is 6.42 Å². The van der Waals surface area contributed by atoms with Crippen LogP contribution < -0.4 is 5.32 Å². The number of hydrogen-bond donors (Lipinski definition) is 1. The highest BCUT2D eigenvalue weighted by atomic mass is 79.9. The summed E-state index contributed by atoms with van der Waals surface area (Å²) in [4.78, 5) is 0. The smallest absolute Gasteiger partial charge is 0.313 e. The van der Waals surface area contributed by atoms with E-state index in [0.29, 0.717) is 16.6 Å². The van der Waals surface area contributed by atoms with E-state index in [1.54, 1.807) is 6.07 Å². The van der Waals surface area contributed by atoms with Crippen molar-refractivity contribution in [3.8, 4) is 0 Å². The zero-order valence-corrected chi connectivity index (χ0v) is 12.1. The van der Waals surface area contributed by atoms with E-state index in [4.69, 9.17) is 0 Å². The maximum atomic E-state index is 13.2. The summed E-state index contributed by atoms with van der Waals surface area (Å²) in [5.41, 5.74) is 0.546. The Morgan fingerprint density at radius 1 is 1.26 bits per heavy atom. The molecule has 0 saturated carbocycles. The van der Waals surface area contributed by atoms with Crippen molar-refractivity contribution >= 4 is 15.9 Å². The van der Waals surface area contributed by atoms with Crippen molar-refractivity contribution in [2.24, 2.45) is 0 Å². The highest BCUT2D eigenvalue weighted by molar-refractivity contribution is 9.10. The molecule has 0 bridgehead atoms. The van der Waals surface area contributed by atoms with Crippen LogP contribution in [0.15, 0.2) is 22.7 Å². The molecular weight excluding hydrogens is 326 g/mol. The van der Waals surface area contributed by atoms with Crippen molar-refractivity contribution in [1.82, 2.24) is 5.32 Å². The van der Waals surface area contributed by atoms with Crippen molar-refractivity contribution < 1.29 is 17.6 Å². The van der Waals surface area contributed by atoms with E-state index in [2.05, 4.69) is 21.2 Å². The molecule has 0 spiro atoms. The van der Waals surface area contributed by atoms with Crippen molar-refractivity contribution in [3.05, 3.63) is 34.1 Å². The van der Waals surface area contributed by atoms with E-state index in [9.17, 15) is 17.6 Å². The number of alkyl halides is 3. The third-order valence-corrected chi connectivity index (χ3v) is 3.02.